The van der Waals surface area contributed by atoms with Crippen LogP contribution in [0.3, 0.4) is 0 Å². The predicted octanol–water partition coefficient (Wildman–Crippen LogP) is 3.46. The number of aryl methyl sites for hydroxylation is 1. The highest BCUT2D eigenvalue weighted by Crippen LogP contribution is 2.29. The van der Waals surface area contributed by atoms with Gasteiger partial charge in [0.15, 0.2) is 0 Å². The molecule has 2 heteroatoms. The standard InChI is InChI=1S/C17H25NO/c18-16-4-2-1-3-13(12-16)5-6-14-7-8-17-15(11-14)9-10-19-17/h7-8,11,13,16H,1-6,9-10,12,18H2. The summed E-state index contributed by atoms with van der Waals surface area (Å²) in [5.74, 6) is 1.93. The smallest absolute Gasteiger partial charge is 0.122 e. The summed E-state index contributed by atoms with van der Waals surface area (Å²) in [7, 11) is 0. The van der Waals surface area contributed by atoms with Crippen molar-refractivity contribution in [3.05, 3.63) is 29.3 Å². The van der Waals surface area contributed by atoms with Gasteiger partial charge in [0.1, 0.15) is 5.75 Å². The Morgan fingerprint density at radius 3 is 3.05 bits per heavy atom. The van der Waals surface area contributed by atoms with Gasteiger partial charge in [-0.05, 0) is 48.8 Å². The molecule has 0 radical (unpaired) electrons. The summed E-state index contributed by atoms with van der Waals surface area (Å²) in [6.45, 7) is 0.857. The van der Waals surface area contributed by atoms with Gasteiger partial charge in [0.05, 0.1) is 6.61 Å². The van der Waals surface area contributed by atoms with Gasteiger partial charge in [-0.2, -0.15) is 0 Å². The molecule has 1 saturated carbocycles. The number of fused-ring (bicyclic) bond motifs is 1. The van der Waals surface area contributed by atoms with Crippen LogP contribution in [0.15, 0.2) is 18.2 Å². The van der Waals surface area contributed by atoms with Gasteiger partial charge in [-0.25, -0.2) is 0 Å². The zero-order chi connectivity index (χ0) is 13.1. The first-order chi connectivity index (χ1) is 9.31. The lowest BCUT2D eigenvalue weighted by molar-refractivity contribution is 0.356. The molecule has 2 atom stereocenters. The fraction of sp³-hybridized carbons (Fsp3) is 0.647. The molecule has 2 N–H and O–H groups in total. The summed E-state index contributed by atoms with van der Waals surface area (Å²) >= 11 is 0. The van der Waals surface area contributed by atoms with Gasteiger partial charge in [0.2, 0.25) is 0 Å². The maximum Gasteiger partial charge on any atom is 0.122 e. The number of hydrogen-bond donors (Lipinski definition) is 1. The van der Waals surface area contributed by atoms with Crippen LogP contribution < -0.4 is 10.5 Å². The van der Waals surface area contributed by atoms with Gasteiger partial charge in [0, 0.05) is 12.5 Å². The molecule has 2 unspecified atom stereocenters. The molecule has 1 aliphatic heterocycles. The molecule has 0 aromatic heterocycles. The molecule has 2 nitrogen and oxygen atoms in total. The number of rotatable bonds is 3. The minimum atomic E-state index is 0.445. The third kappa shape index (κ3) is 3.30. The van der Waals surface area contributed by atoms with E-state index in [0.29, 0.717) is 6.04 Å². The van der Waals surface area contributed by atoms with Gasteiger partial charge in [-0.3, -0.25) is 0 Å². The molecule has 1 aliphatic carbocycles. The second-order valence-corrected chi connectivity index (χ2v) is 6.23. The molecule has 0 spiro atoms. The van der Waals surface area contributed by atoms with E-state index in [4.69, 9.17) is 10.5 Å². The first kappa shape index (κ1) is 13.0. The third-order valence-corrected chi connectivity index (χ3v) is 4.67. The molecule has 0 amide bonds. The highest BCUT2D eigenvalue weighted by atomic mass is 16.5. The molecule has 0 saturated heterocycles. The SMILES string of the molecule is NC1CCCCC(CCc2ccc3c(c2)CCO3)C1. The van der Waals surface area contributed by atoms with E-state index < -0.39 is 0 Å². The third-order valence-electron chi connectivity index (χ3n) is 4.67. The van der Waals surface area contributed by atoms with E-state index in [1.54, 1.807) is 0 Å². The molecule has 104 valence electrons. The van der Waals surface area contributed by atoms with Crippen molar-refractivity contribution in [2.24, 2.45) is 11.7 Å². The van der Waals surface area contributed by atoms with Gasteiger partial charge in [0.25, 0.3) is 0 Å². The zero-order valence-electron chi connectivity index (χ0n) is 11.7. The molecular weight excluding hydrogens is 234 g/mol. The monoisotopic (exact) mass is 259 g/mol. The molecule has 19 heavy (non-hydrogen) atoms. The molecule has 1 aromatic rings. The Hall–Kier alpha value is -1.02. The Labute approximate surface area is 116 Å². The van der Waals surface area contributed by atoms with Crippen molar-refractivity contribution in [2.75, 3.05) is 6.61 Å². The maximum atomic E-state index is 6.15. The lowest BCUT2D eigenvalue weighted by Crippen LogP contribution is -2.21. The van der Waals surface area contributed by atoms with Gasteiger partial charge in [-0.1, -0.05) is 31.4 Å². The molecule has 3 rings (SSSR count). The van der Waals surface area contributed by atoms with Crippen molar-refractivity contribution in [1.82, 2.24) is 0 Å². The Morgan fingerprint density at radius 2 is 2.11 bits per heavy atom. The Balaban J connectivity index is 1.56. The van der Waals surface area contributed by atoms with Crippen LogP contribution >= 0.6 is 0 Å². The van der Waals surface area contributed by atoms with E-state index in [-0.39, 0.29) is 0 Å². The van der Waals surface area contributed by atoms with E-state index in [2.05, 4.69) is 18.2 Å². The van der Waals surface area contributed by atoms with Crippen molar-refractivity contribution >= 4 is 0 Å². The summed E-state index contributed by atoms with van der Waals surface area (Å²) in [6, 6.07) is 7.18. The van der Waals surface area contributed by atoms with Crippen molar-refractivity contribution in [1.29, 1.82) is 0 Å². The van der Waals surface area contributed by atoms with Crippen molar-refractivity contribution in [3.63, 3.8) is 0 Å². The number of hydrogen-bond acceptors (Lipinski definition) is 2. The lowest BCUT2D eigenvalue weighted by Gasteiger charge is -2.17. The Morgan fingerprint density at radius 1 is 1.21 bits per heavy atom. The summed E-state index contributed by atoms with van der Waals surface area (Å²) in [6.07, 6.45) is 10.1. The molecule has 1 heterocycles. The molecule has 1 aromatic carbocycles. The van der Waals surface area contributed by atoms with E-state index in [9.17, 15) is 0 Å². The van der Waals surface area contributed by atoms with Gasteiger partial charge >= 0.3 is 0 Å². The van der Waals surface area contributed by atoms with E-state index in [1.807, 2.05) is 0 Å². The van der Waals surface area contributed by atoms with Gasteiger partial charge < -0.3 is 10.5 Å². The number of ether oxygens (including phenoxy) is 1. The van der Waals surface area contributed by atoms with Crippen LogP contribution in [-0.4, -0.2) is 12.6 Å². The first-order valence-corrected chi connectivity index (χ1v) is 7.81. The fourth-order valence-electron chi connectivity index (χ4n) is 3.53. The Bertz CT molecular complexity index is 429. The average molecular weight is 259 g/mol. The second-order valence-electron chi connectivity index (χ2n) is 6.23. The van der Waals surface area contributed by atoms with Crippen LogP contribution in [0.4, 0.5) is 0 Å². The molecule has 2 aliphatic rings. The molecule has 1 fully saturated rings. The highest BCUT2D eigenvalue weighted by Gasteiger charge is 2.18. The average Bonchev–Trinajstić information content (AvgIpc) is 2.78. The Kier molecular flexibility index (Phi) is 4.07. The fourth-order valence-corrected chi connectivity index (χ4v) is 3.53. The van der Waals surface area contributed by atoms with E-state index >= 15 is 0 Å². The minimum absolute atomic E-state index is 0.445. The lowest BCUT2D eigenvalue weighted by atomic mass is 9.91. The van der Waals surface area contributed by atoms with E-state index in [0.717, 1.165) is 24.7 Å². The van der Waals surface area contributed by atoms with Crippen LogP contribution in [0.1, 0.15) is 49.7 Å². The van der Waals surface area contributed by atoms with Gasteiger partial charge in [-0.15, -0.1) is 0 Å². The highest BCUT2D eigenvalue weighted by molar-refractivity contribution is 5.39. The first-order valence-electron chi connectivity index (χ1n) is 7.81. The summed E-state index contributed by atoms with van der Waals surface area (Å²) in [5, 5.41) is 0. The largest absolute Gasteiger partial charge is 0.493 e. The normalized spacial score (nSPS) is 26.6. The maximum absolute atomic E-state index is 6.15. The van der Waals surface area contributed by atoms with Crippen LogP contribution in [0.25, 0.3) is 0 Å². The topological polar surface area (TPSA) is 35.2 Å². The second kappa shape index (κ2) is 5.96. The van der Waals surface area contributed by atoms with Crippen LogP contribution in [0.2, 0.25) is 0 Å². The molecule has 0 bridgehead atoms. The van der Waals surface area contributed by atoms with Crippen molar-refractivity contribution < 1.29 is 4.74 Å². The van der Waals surface area contributed by atoms with Crippen LogP contribution in [-0.2, 0) is 12.8 Å². The number of nitrogens with two attached hydrogens (primary N) is 1. The summed E-state index contributed by atoms with van der Waals surface area (Å²) in [5.41, 5.74) is 9.02. The molecular formula is C17H25NO. The quantitative estimate of drug-likeness (QED) is 0.844. The summed E-state index contributed by atoms with van der Waals surface area (Å²) < 4.78 is 5.56. The van der Waals surface area contributed by atoms with Crippen LogP contribution in [0, 0.1) is 5.92 Å². The zero-order valence-corrected chi connectivity index (χ0v) is 11.7. The summed E-state index contributed by atoms with van der Waals surface area (Å²) in [4.78, 5) is 0. The predicted molar refractivity (Wildman–Crippen MR) is 78.5 cm³/mol. The van der Waals surface area contributed by atoms with Crippen LogP contribution in [0.5, 0.6) is 5.75 Å². The minimum Gasteiger partial charge on any atom is -0.493 e. The van der Waals surface area contributed by atoms with E-state index in [1.165, 1.54) is 56.1 Å². The van der Waals surface area contributed by atoms with Crippen molar-refractivity contribution in [3.8, 4) is 5.75 Å². The van der Waals surface area contributed by atoms with Crippen molar-refractivity contribution in [2.45, 2.75) is 57.4 Å². The number of benzene rings is 1.